The number of allylic oxidation sites excluding steroid dienone is 5. The van der Waals surface area contributed by atoms with Gasteiger partial charge in [-0.1, -0.05) is 25.3 Å². The molecule has 0 saturated carbocycles. The number of carboxylic acid groups (broad SMARTS) is 2. The number of fused-ring (bicyclic) bond motifs is 8. The lowest BCUT2D eigenvalue weighted by Crippen LogP contribution is -1.98. The fraction of sp³-hybridized carbons (Fsp3) is 0.235. The highest BCUT2D eigenvalue weighted by molar-refractivity contribution is 5.98. The Balaban J connectivity index is 0.00000423. The molecule has 4 N–H and O–H groups in total. The molecule has 0 unspecified atom stereocenters. The standard InChI is InChI=1S/C34H34N4O4.ClH/c1-7-21-17(3)25-13-26-19(5)23(9-11-33(39)40)31(37-26)16-32-24(10-12-34(41)42)20(6)28(38-32)15-30-22(8-2)18(4)27(36-30)14-29(21)35-25;/h7-8,13-16,35,38H,1-2,9-12H2,3-6H3,(H,39,40)(H,41,42);1H. The number of nitrogens with zero attached hydrogens (tertiary/aromatic N) is 2. The second-order valence-electron chi connectivity index (χ2n) is 10.7. The van der Waals surface area contributed by atoms with E-state index >= 15 is 0 Å². The molecule has 2 aliphatic rings. The molecule has 5 rings (SSSR count). The zero-order valence-corrected chi connectivity index (χ0v) is 25.5. The second kappa shape index (κ2) is 12.3. The smallest absolute Gasteiger partial charge is 0.303 e. The predicted molar refractivity (Wildman–Crippen MR) is 176 cm³/mol. The zero-order valence-electron chi connectivity index (χ0n) is 24.7. The number of aromatic nitrogens is 4. The van der Waals surface area contributed by atoms with Gasteiger partial charge in [-0.25, -0.2) is 9.97 Å². The van der Waals surface area contributed by atoms with Crippen LogP contribution < -0.4 is 0 Å². The fourth-order valence-electron chi connectivity index (χ4n) is 5.77. The summed E-state index contributed by atoms with van der Waals surface area (Å²) in [7, 11) is 0. The molecule has 222 valence electrons. The number of rotatable bonds is 8. The van der Waals surface area contributed by atoms with Gasteiger partial charge in [0.15, 0.2) is 0 Å². The monoisotopic (exact) mass is 598 g/mol. The average Bonchev–Trinajstić information content (AvgIpc) is 3.59. The molecule has 9 heteroatoms. The van der Waals surface area contributed by atoms with Crippen LogP contribution in [-0.4, -0.2) is 42.1 Å². The molecule has 0 amide bonds. The van der Waals surface area contributed by atoms with E-state index in [9.17, 15) is 19.8 Å². The number of halogens is 1. The van der Waals surface area contributed by atoms with Gasteiger partial charge in [0.1, 0.15) is 0 Å². The molecule has 43 heavy (non-hydrogen) atoms. The zero-order chi connectivity index (χ0) is 30.3. The maximum atomic E-state index is 11.5. The fourth-order valence-corrected chi connectivity index (χ4v) is 5.77. The minimum absolute atomic E-state index is 0. The minimum atomic E-state index is -0.883. The number of carbonyl (C=O) groups is 2. The summed E-state index contributed by atoms with van der Waals surface area (Å²) in [6, 6.07) is 7.88. The van der Waals surface area contributed by atoms with Crippen molar-refractivity contribution >= 4 is 74.8 Å². The van der Waals surface area contributed by atoms with Crippen molar-refractivity contribution < 1.29 is 19.8 Å². The van der Waals surface area contributed by atoms with Crippen molar-refractivity contribution in [2.45, 2.75) is 53.4 Å². The van der Waals surface area contributed by atoms with Crippen molar-refractivity contribution in [3.8, 4) is 0 Å². The van der Waals surface area contributed by atoms with Crippen LogP contribution in [0.25, 0.3) is 50.4 Å². The van der Waals surface area contributed by atoms with E-state index in [0.29, 0.717) is 18.5 Å². The molecule has 0 fully saturated rings. The predicted octanol–water partition coefficient (Wildman–Crippen LogP) is 7.93. The van der Waals surface area contributed by atoms with E-state index in [4.69, 9.17) is 9.97 Å². The molecule has 2 aliphatic heterocycles. The van der Waals surface area contributed by atoms with E-state index in [-0.39, 0.29) is 25.2 Å². The Bertz CT molecular complexity index is 1920. The van der Waals surface area contributed by atoms with E-state index in [1.54, 1.807) is 6.08 Å². The molecule has 5 heterocycles. The molecule has 8 nitrogen and oxygen atoms in total. The van der Waals surface area contributed by atoms with Crippen molar-refractivity contribution in [2.75, 3.05) is 0 Å². The lowest BCUT2D eigenvalue weighted by molar-refractivity contribution is -0.137. The van der Waals surface area contributed by atoms with Crippen LogP contribution in [0.15, 0.2) is 43.5 Å². The van der Waals surface area contributed by atoms with E-state index in [0.717, 1.165) is 83.7 Å². The van der Waals surface area contributed by atoms with Gasteiger partial charge in [-0.2, -0.15) is 0 Å². The van der Waals surface area contributed by atoms with Crippen molar-refractivity contribution in [3.63, 3.8) is 0 Å². The largest absolute Gasteiger partial charge is 0.481 e. The van der Waals surface area contributed by atoms with Crippen molar-refractivity contribution in [1.29, 1.82) is 0 Å². The maximum absolute atomic E-state index is 11.5. The average molecular weight is 599 g/mol. The summed E-state index contributed by atoms with van der Waals surface area (Å²) in [4.78, 5) is 40.0. The Morgan fingerprint density at radius 3 is 1.91 bits per heavy atom. The summed E-state index contributed by atoms with van der Waals surface area (Å²) in [6.45, 7) is 16.0. The second-order valence-corrected chi connectivity index (χ2v) is 10.7. The molecule has 0 radical (unpaired) electrons. The SMILES string of the molecule is C=CC1=C(C)c2cc3[nH]c(cc4nc(cc5[nH]c(cc1n2)c(C)c5CCC(=O)O)C(CCC(=O)O)=C4C)c(C)c3C=C.Cl. The topological polar surface area (TPSA) is 132 Å². The van der Waals surface area contributed by atoms with Gasteiger partial charge < -0.3 is 20.2 Å². The lowest BCUT2D eigenvalue weighted by atomic mass is 10.0. The number of H-pyrrole nitrogens is 2. The first-order chi connectivity index (χ1) is 20.0. The van der Waals surface area contributed by atoms with Crippen LogP contribution in [0.2, 0.25) is 0 Å². The third-order valence-corrected chi connectivity index (χ3v) is 8.22. The summed E-state index contributed by atoms with van der Waals surface area (Å²) < 4.78 is 0. The number of hydrogen-bond acceptors (Lipinski definition) is 4. The van der Waals surface area contributed by atoms with Crippen molar-refractivity contribution in [2.24, 2.45) is 0 Å². The number of aryl methyl sites for hydroxylation is 3. The number of carboxylic acids is 2. The molecular formula is C34H35ClN4O4. The summed E-state index contributed by atoms with van der Waals surface area (Å²) in [5.74, 6) is -1.76. The van der Waals surface area contributed by atoms with Gasteiger partial charge >= 0.3 is 11.9 Å². The van der Waals surface area contributed by atoms with Crippen LogP contribution in [-0.2, 0) is 16.0 Å². The van der Waals surface area contributed by atoms with Gasteiger partial charge in [0.2, 0.25) is 0 Å². The Labute approximate surface area is 256 Å². The number of aromatic amines is 2. The van der Waals surface area contributed by atoms with E-state index in [1.165, 1.54) is 0 Å². The summed E-state index contributed by atoms with van der Waals surface area (Å²) in [6.07, 6.45) is 4.22. The van der Waals surface area contributed by atoms with Crippen molar-refractivity contribution in [1.82, 2.24) is 19.9 Å². The highest BCUT2D eigenvalue weighted by Gasteiger charge is 2.20. The molecule has 0 aliphatic carbocycles. The normalized spacial score (nSPS) is 12.7. The minimum Gasteiger partial charge on any atom is -0.481 e. The van der Waals surface area contributed by atoms with Gasteiger partial charge in [0, 0.05) is 46.0 Å². The summed E-state index contributed by atoms with van der Waals surface area (Å²) in [5.41, 5.74) is 13.7. The lowest BCUT2D eigenvalue weighted by Gasteiger charge is -2.03. The van der Waals surface area contributed by atoms with Gasteiger partial charge in [-0.05, 0) is 98.2 Å². The van der Waals surface area contributed by atoms with Gasteiger partial charge in [-0.3, -0.25) is 9.59 Å². The van der Waals surface area contributed by atoms with Gasteiger partial charge in [0.05, 0.1) is 22.8 Å². The number of nitrogens with one attached hydrogen (secondary N) is 2. The Hall–Kier alpha value is -4.69. The van der Waals surface area contributed by atoms with Gasteiger partial charge in [-0.15, -0.1) is 12.4 Å². The highest BCUT2D eigenvalue weighted by atomic mass is 35.5. The van der Waals surface area contributed by atoms with Crippen LogP contribution in [0, 0.1) is 13.8 Å². The van der Waals surface area contributed by atoms with Crippen LogP contribution in [0.5, 0.6) is 0 Å². The molecule has 0 aromatic carbocycles. The Morgan fingerprint density at radius 2 is 1.26 bits per heavy atom. The molecular weight excluding hydrogens is 564 g/mol. The number of hydrogen-bond donors (Lipinski definition) is 4. The van der Waals surface area contributed by atoms with Gasteiger partial charge in [0.25, 0.3) is 0 Å². The third kappa shape index (κ3) is 5.83. The Kier molecular flexibility index (Phi) is 8.92. The van der Waals surface area contributed by atoms with E-state index in [2.05, 4.69) is 23.1 Å². The van der Waals surface area contributed by atoms with E-state index in [1.807, 2.05) is 58.0 Å². The summed E-state index contributed by atoms with van der Waals surface area (Å²) in [5, 5.41) is 18.9. The maximum Gasteiger partial charge on any atom is 0.303 e. The van der Waals surface area contributed by atoms with Crippen LogP contribution in [0.3, 0.4) is 0 Å². The molecule has 0 atom stereocenters. The Morgan fingerprint density at radius 1 is 0.721 bits per heavy atom. The third-order valence-electron chi connectivity index (χ3n) is 8.22. The van der Waals surface area contributed by atoms with E-state index < -0.39 is 11.9 Å². The first-order valence-electron chi connectivity index (χ1n) is 13.9. The molecule has 3 aromatic rings. The van der Waals surface area contributed by atoms with Crippen LogP contribution in [0.4, 0.5) is 0 Å². The van der Waals surface area contributed by atoms with Crippen molar-refractivity contribution in [3.05, 3.63) is 88.5 Å². The number of aliphatic carboxylic acids is 2. The molecule has 3 aromatic heterocycles. The first kappa shape index (κ1) is 31.3. The quantitative estimate of drug-likeness (QED) is 0.208. The first-order valence-corrected chi connectivity index (χ1v) is 13.9. The van der Waals surface area contributed by atoms with Crippen LogP contribution in [0.1, 0.15) is 78.1 Å². The highest BCUT2D eigenvalue weighted by Crippen LogP contribution is 2.36. The van der Waals surface area contributed by atoms with Crippen LogP contribution >= 0.6 is 12.4 Å². The molecule has 0 spiro atoms. The molecule has 8 bridgehead atoms. The molecule has 0 saturated heterocycles. The summed E-state index contributed by atoms with van der Waals surface area (Å²) >= 11 is 0.